The summed E-state index contributed by atoms with van der Waals surface area (Å²) in [6.07, 6.45) is 6.00. The molecule has 0 aromatic carbocycles. The van der Waals surface area contributed by atoms with E-state index in [4.69, 9.17) is 4.74 Å². The van der Waals surface area contributed by atoms with Crippen molar-refractivity contribution in [2.75, 3.05) is 13.1 Å². The predicted octanol–water partition coefficient (Wildman–Crippen LogP) is 0.307. The second kappa shape index (κ2) is 5.10. The van der Waals surface area contributed by atoms with Gasteiger partial charge in [0.25, 0.3) is 5.91 Å². The fourth-order valence-corrected chi connectivity index (χ4v) is 3.55. The van der Waals surface area contributed by atoms with Gasteiger partial charge < -0.3 is 9.64 Å². The van der Waals surface area contributed by atoms with Gasteiger partial charge in [-0.2, -0.15) is 0 Å². The van der Waals surface area contributed by atoms with Crippen LogP contribution in [0.5, 0.6) is 0 Å². The Hall–Kier alpha value is -2.81. The van der Waals surface area contributed by atoms with Crippen LogP contribution in [0.25, 0.3) is 5.65 Å². The monoisotopic (exact) mass is 325 g/mol. The fraction of sp³-hybridized carbons (Fsp3) is 0.400. The molecule has 0 bridgehead atoms. The molecule has 0 saturated carbocycles. The molecule has 1 amide bonds. The van der Waals surface area contributed by atoms with Crippen LogP contribution in [0.2, 0.25) is 0 Å². The first-order valence-corrected chi connectivity index (χ1v) is 7.89. The van der Waals surface area contributed by atoms with Crippen LogP contribution >= 0.6 is 0 Å². The number of fused-ring (bicyclic) bond motifs is 4. The molecule has 3 aromatic rings. The topological polar surface area (TPSA) is 90.4 Å². The van der Waals surface area contributed by atoms with Crippen molar-refractivity contribution in [1.82, 2.24) is 34.5 Å². The summed E-state index contributed by atoms with van der Waals surface area (Å²) in [5.74, 6) is -0.0423. The molecule has 0 N–H and O–H groups in total. The number of likely N-dealkylation sites (tertiary alicyclic amines) is 1. The van der Waals surface area contributed by atoms with E-state index < -0.39 is 0 Å². The lowest BCUT2D eigenvalue weighted by molar-refractivity contribution is -0.0604. The highest BCUT2D eigenvalue weighted by Crippen LogP contribution is 2.30. The number of pyridine rings is 1. The number of ether oxygens (including phenoxy) is 1. The van der Waals surface area contributed by atoms with Gasteiger partial charge in [0.2, 0.25) is 0 Å². The van der Waals surface area contributed by atoms with Crippen LogP contribution in [0.1, 0.15) is 28.5 Å². The normalized spacial score (nSPS) is 23.1. The van der Waals surface area contributed by atoms with E-state index >= 15 is 0 Å². The minimum atomic E-state index is -0.0423. The molecule has 5 rings (SSSR count). The molecule has 0 spiro atoms. The highest BCUT2D eigenvalue weighted by Gasteiger charge is 2.38. The zero-order valence-electron chi connectivity index (χ0n) is 12.8. The third-order valence-electron chi connectivity index (χ3n) is 4.77. The molecule has 0 unspecified atom stereocenters. The summed E-state index contributed by atoms with van der Waals surface area (Å²) in [5, 5.41) is 16.1. The smallest absolute Gasteiger partial charge is 0.257 e. The standard InChI is InChI=1S/C15H15N7O2/c23-15(11-2-1-4-21-9-17-18-14(11)21)20-5-3-13-12(7-20)22-10(8-24-13)6-16-19-22/h1-2,4,6,9,12-13H,3,5,7-8H2/t12-,13+/m0/s1. The summed E-state index contributed by atoms with van der Waals surface area (Å²) in [6, 6.07) is 3.62. The van der Waals surface area contributed by atoms with E-state index in [1.807, 2.05) is 21.8 Å². The highest BCUT2D eigenvalue weighted by atomic mass is 16.5. The Kier molecular flexibility index (Phi) is 2.89. The molecule has 9 nitrogen and oxygen atoms in total. The molecule has 1 fully saturated rings. The molecule has 0 aliphatic carbocycles. The maximum atomic E-state index is 13.0. The quantitative estimate of drug-likeness (QED) is 0.639. The molecule has 9 heteroatoms. The molecule has 1 saturated heterocycles. The van der Waals surface area contributed by atoms with E-state index in [0.717, 1.165) is 12.1 Å². The summed E-state index contributed by atoms with van der Waals surface area (Å²) < 4.78 is 9.54. The van der Waals surface area contributed by atoms with Gasteiger partial charge in [-0.05, 0) is 18.6 Å². The Morgan fingerprint density at radius 2 is 2.29 bits per heavy atom. The van der Waals surface area contributed by atoms with E-state index in [2.05, 4.69) is 20.5 Å². The first-order valence-electron chi connectivity index (χ1n) is 7.89. The lowest BCUT2D eigenvalue weighted by atomic mass is 9.99. The third kappa shape index (κ3) is 1.94. The van der Waals surface area contributed by atoms with Crippen molar-refractivity contribution in [2.24, 2.45) is 0 Å². The number of rotatable bonds is 1. The minimum absolute atomic E-state index is 0.00607. The van der Waals surface area contributed by atoms with Crippen LogP contribution in [0, 0.1) is 0 Å². The SMILES string of the molecule is O=C(c1cccn2cnnc12)N1CC[C@H]2OCc3cnnn3[C@H]2C1. The number of nitrogens with zero attached hydrogens (tertiary/aromatic N) is 7. The van der Waals surface area contributed by atoms with Gasteiger partial charge >= 0.3 is 0 Å². The Bertz CT molecular complexity index is 917. The molecule has 2 aliphatic heterocycles. The molecular formula is C15H15N7O2. The van der Waals surface area contributed by atoms with Crippen LogP contribution in [0.3, 0.4) is 0 Å². The molecule has 2 atom stereocenters. The van der Waals surface area contributed by atoms with E-state index in [1.54, 1.807) is 23.0 Å². The molecular weight excluding hydrogens is 310 g/mol. The first-order chi connectivity index (χ1) is 11.8. The molecule has 0 radical (unpaired) electrons. The predicted molar refractivity (Wildman–Crippen MR) is 81.1 cm³/mol. The summed E-state index contributed by atoms with van der Waals surface area (Å²) in [4.78, 5) is 14.8. The van der Waals surface area contributed by atoms with Crippen LogP contribution in [0.4, 0.5) is 0 Å². The maximum Gasteiger partial charge on any atom is 0.257 e. The Morgan fingerprint density at radius 3 is 3.25 bits per heavy atom. The second-order valence-electron chi connectivity index (χ2n) is 6.11. The van der Waals surface area contributed by atoms with E-state index in [0.29, 0.717) is 30.9 Å². The number of hydrogen-bond acceptors (Lipinski definition) is 6. The van der Waals surface area contributed by atoms with Gasteiger partial charge in [-0.15, -0.1) is 15.3 Å². The zero-order chi connectivity index (χ0) is 16.1. The molecule has 122 valence electrons. The highest BCUT2D eigenvalue weighted by molar-refractivity contribution is 5.99. The third-order valence-corrected chi connectivity index (χ3v) is 4.77. The summed E-state index contributed by atoms with van der Waals surface area (Å²) in [7, 11) is 0. The van der Waals surface area contributed by atoms with Gasteiger partial charge in [0.05, 0.1) is 36.2 Å². The van der Waals surface area contributed by atoms with Crippen molar-refractivity contribution in [1.29, 1.82) is 0 Å². The van der Waals surface area contributed by atoms with E-state index in [1.165, 1.54) is 0 Å². The number of amides is 1. The minimum Gasteiger partial charge on any atom is -0.370 e. The van der Waals surface area contributed by atoms with Crippen LogP contribution in [-0.2, 0) is 11.3 Å². The number of carbonyl (C=O) groups excluding carboxylic acids is 1. The largest absolute Gasteiger partial charge is 0.370 e. The second-order valence-corrected chi connectivity index (χ2v) is 6.11. The molecule has 3 aromatic heterocycles. The van der Waals surface area contributed by atoms with Gasteiger partial charge in [-0.25, -0.2) is 4.68 Å². The van der Waals surface area contributed by atoms with Crippen molar-refractivity contribution < 1.29 is 9.53 Å². The lowest BCUT2D eigenvalue weighted by Gasteiger charge is -2.41. The Morgan fingerprint density at radius 1 is 1.33 bits per heavy atom. The van der Waals surface area contributed by atoms with Gasteiger partial charge in [0.15, 0.2) is 5.65 Å². The molecule has 5 heterocycles. The number of hydrogen-bond donors (Lipinski definition) is 0. The lowest BCUT2D eigenvalue weighted by Crippen LogP contribution is -2.50. The van der Waals surface area contributed by atoms with E-state index in [-0.39, 0.29) is 18.1 Å². The van der Waals surface area contributed by atoms with Crippen LogP contribution in [-0.4, -0.2) is 59.6 Å². The Labute approximate surface area is 136 Å². The number of carbonyl (C=O) groups is 1. The summed E-state index contributed by atoms with van der Waals surface area (Å²) in [6.45, 7) is 1.73. The first kappa shape index (κ1) is 13.6. The zero-order valence-corrected chi connectivity index (χ0v) is 12.8. The fourth-order valence-electron chi connectivity index (χ4n) is 3.55. The van der Waals surface area contributed by atoms with Gasteiger partial charge in [-0.1, -0.05) is 5.21 Å². The van der Waals surface area contributed by atoms with Crippen molar-refractivity contribution in [3.8, 4) is 0 Å². The van der Waals surface area contributed by atoms with Gasteiger partial charge in [0, 0.05) is 19.3 Å². The average molecular weight is 325 g/mol. The average Bonchev–Trinajstić information content (AvgIpc) is 3.29. The number of aromatic nitrogens is 6. The Balaban J connectivity index is 1.46. The summed E-state index contributed by atoms with van der Waals surface area (Å²) >= 11 is 0. The van der Waals surface area contributed by atoms with Gasteiger partial charge in [-0.3, -0.25) is 9.20 Å². The van der Waals surface area contributed by atoms with Crippen molar-refractivity contribution in [3.63, 3.8) is 0 Å². The van der Waals surface area contributed by atoms with Gasteiger partial charge in [0.1, 0.15) is 6.33 Å². The number of piperidine rings is 1. The molecule has 2 aliphatic rings. The van der Waals surface area contributed by atoms with Crippen molar-refractivity contribution in [2.45, 2.75) is 25.2 Å². The van der Waals surface area contributed by atoms with Crippen LogP contribution < -0.4 is 0 Å². The van der Waals surface area contributed by atoms with Crippen LogP contribution in [0.15, 0.2) is 30.9 Å². The van der Waals surface area contributed by atoms with E-state index in [9.17, 15) is 4.79 Å². The summed E-state index contributed by atoms with van der Waals surface area (Å²) in [5.41, 5.74) is 2.08. The van der Waals surface area contributed by atoms with Crippen molar-refractivity contribution in [3.05, 3.63) is 42.1 Å². The molecule has 24 heavy (non-hydrogen) atoms. The maximum absolute atomic E-state index is 13.0. The van der Waals surface area contributed by atoms with Crippen molar-refractivity contribution >= 4 is 11.6 Å².